The van der Waals surface area contributed by atoms with Gasteiger partial charge in [-0.3, -0.25) is 0 Å². The topological polar surface area (TPSA) is 0 Å². The van der Waals surface area contributed by atoms with E-state index < -0.39 is 17.8 Å². The van der Waals surface area contributed by atoms with E-state index in [2.05, 4.69) is 46.9 Å². The highest BCUT2D eigenvalue weighted by atomic mass is 19.2. The summed E-state index contributed by atoms with van der Waals surface area (Å²) in [5, 5.41) is 0. The lowest BCUT2D eigenvalue weighted by Gasteiger charge is -2.36. The second kappa shape index (κ2) is 10.7. The average Bonchev–Trinajstić information content (AvgIpc) is 2.61. The number of allylic oxidation sites excluding steroid dienone is 3. The first-order valence-electron chi connectivity index (χ1n) is 10.5. The Bertz CT molecular complexity index is 698. The summed E-state index contributed by atoms with van der Waals surface area (Å²) in [4.78, 5) is 0. The first-order valence-corrected chi connectivity index (χ1v) is 10.5. The van der Waals surface area contributed by atoms with E-state index in [-0.39, 0.29) is 12.3 Å². The van der Waals surface area contributed by atoms with E-state index in [4.69, 9.17) is 0 Å². The van der Waals surface area contributed by atoms with Crippen LogP contribution in [0.25, 0.3) is 6.08 Å². The number of hydrogen-bond donors (Lipinski definition) is 0. The summed E-state index contributed by atoms with van der Waals surface area (Å²) >= 11 is 0. The molecule has 4 unspecified atom stereocenters. The molecule has 0 saturated carbocycles. The maximum Gasteiger partial charge on any atom is 0.120 e. The van der Waals surface area contributed by atoms with Crippen LogP contribution in [0, 0.1) is 25.7 Å². The van der Waals surface area contributed by atoms with E-state index in [9.17, 15) is 4.39 Å². The van der Waals surface area contributed by atoms with Crippen molar-refractivity contribution in [2.24, 2.45) is 11.8 Å². The van der Waals surface area contributed by atoms with Crippen LogP contribution in [0.5, 0.6) is 0 Å². The Balaban J connectivity index is 3.23. The lowest BCUT2D eigenvalue weighted by Crippen LogP contribution is -2.37. The molecule has 0 bridgehead atoms. The minimum Gasteiger partial charge on any atom is -0.248 e. The Morgan fingerprint density at radius 1 is 1.18 bits per heavy atom. The second-order valence-corrected chi connectivity index (χ2v) is 8.46. The van der Waals surface area contributed by atoms with Crippen molar-refractivity contribution in [2.45, 2.75) is 79.1 Å². The zero-order valence-electron chi connectivity index (χ0n) is 18.6. The quantitative estimate of drug-likeness (QED) is 0.334. The van der Waals surface area contributed by atoms with E-state index in [0.29, 0.717) is 12.0 Å². The third-order valence-corrected chi connectivity index (χ3v) is 5.94. The van der Waals surface area contributed by atoms with E-state index in [1.54, 1.807) is 6.08 Å². The van der Waals surface area contributed by atoms with Crippen LogP contribution >= 0.6 is 0 Å². The van der Waals surface area contributed by atoms with Crippen molar-refractivity contribution in [3.63, 3.8) is 0 Å². The fourth-order valence-corrected chi connectivity index (χ4v) is 4.02. The molecule has 0 aliphatic carbocycles. The lowest BCUT2D eigenvalue weighted by molar-refractivity contribution is 0.0444. The highest BCUT2D eigenvalue weighted by Gasteiger charge is 2.40. The molecule has 0 heterocycles. The van der Waals surface area contributed by atoms with Gasteiger partial charge < -0.3 is 0 Å². The highest BCUT2D eigenvalue weighted by Crippen LogP contribution is 2.41. The molecule has 0 aliphatic heterocycles. The van der Waals surface area contributed by atoms with E-state index >= 15 is 4.39 Å². The normalized spacial score (nSPS) is 17.5. The Morgan fingerprint density at radius 2 is 1.82 bits per heavy atom. The molecule has 0 aromatic heterocycles. The molecule has 28 heavy (non-hydrogen) atoms. The fourth-order valence-electron chi connectivity index (χ4n) is 4.02. The summed E-state index contributed by atoms with van der Waals surface area (Å²) in [5.41, 5.74) is 3.34. The molecule has 0 saturated heterocycles. The first-order chi connectivity index (χ1) is 13.1. The minimum absolute atomic E-state index is 0.102. The third kappa shape index (κ3) is 6.43. The van der Waals surface area contributed by atoms with Crippen LogP contribution in [-0.2, 0) is 0 Å². The molecule has 0 amide bonds. The Morgan fingerprint density at radius 3 is 2.36 bits per heavy atom. The van der Waals surface area contributed by atoms with Crippen molar-refractivity contribution < 1.29 is 8.78 Å². The molecule has 0 aliphatic rings. The zero-order chi connectivity index (χ0) is 21.5. The number of benzene rings is 1. The molecule has 0 nitrogen and oxygen atoms in total. The maximum absolute atomic E-state index is 16.1. The molecule has 0 radical (unpaired) electrons. The van der Waals surface area contributed by atoms with Gasteiger partial charge in [-0.15, -0.1) is 0 Å². The minimum atomic E-state index is -1.62. The van der Waals surface area contributed by atoms with Gasteiger partial charge >= 0.3 is 0 Å². The number of alkyl halides is 2. The molecule has 0 N–H and O–H groups in total. The molecule has 4 atom stereocenters. The summed E-state index contributed by atoms with van der Waals surface area (Å²) in [5.74, 6) is -0.279. The summed E-state index contributed by atoms with van der Waals surface area (Å²) in [6, 6.07) is 6.12. The molecule has 1 aromatic carbocycles. The van der Waals surface area contributed by atoms with Gasteiger partial charge in [-0.2, -0.15) is 0 Å². The fraction of sp³-hybridized carbons (Fsp3) is 0.538. The van der Waals surface area contributed by atoms with Gasteiger partial charge in [-0.1, -0.05) is 71.0 Å². The van der Waals surface area contributed by atoms with Crippen LogP contribution in [0.3, 0.4) is 0 Å². The maximum atomic E-state index is 16.1. The predicted molar refractivity (Wildman–Crippen MR) is 120 cm³/mol. The standard InChI is InChI=1S/C26H38F2/c1-9-12-18(3)16-26(28,17-20(5)27)23(8)22(7)24(10-2)15-25-14-11-13-19(4)21(25)6/h10-11,13-15,18,20,23H,2,7,9,12,16-17H2,1,3-6,8H3/b24-15+. The van der Waals surface area contributed by atoms with Crippen molar-refractivity contribution in [1.82, 2.24) is 0 Å². The largest absolute Gasteiger partial charge is 0.248 e. The van der Waals surface area contributed by atoms with Gasteiger partial charge in [-0.05, 0) is 67.0 Å². The number of halogens is 2. The lowest BCUT2D eigenvalue weighted by atomic mass is 9.74. The van der Waals surface area contributed by atoms with Gasteiger partial charge in [-0.25, -0.2) is 8.78 Å². The Kier molecular flexibility index (Phi) is 9.33. The van der Waals surface area contributed by atoms with Crippen LogP contribution in [0.1, 0.15) is 70.1 Å². The van der Waals surface area contributed by atoms with Crippen molar-refractivity contribution in [3.8, 4) is 0 Å². The highest BCUT2D eigenvalue weighted by molar-refractivity contribution is 5.65. The van der Waals surface area contributed by atoms with Crippen molar-refractivity contribution in [1.29, 1.82) is 0 Å². The van der Waals surface area contributed by atoms with Gasteiger partial charge in [0.05, 0.1) is 0 Å². The van der Waals surface area contributed by atoms with Crippen LogP contribution in [-0.4, -0.2) is 11.8 Å². The van der Waals surface area contributed by atoms with Gasteiger partial charge in [0.1, 0.15) is 11.8 Å². The smallest absolute Gasteiger partial charge is 0.120 e. The molecular weight excluding hydrogens is 350 g/mol. The van der Waals surface area contributed by atoms with E-state index in [0.717, 1.165) is 24.0 Å². The van der Waals surface area contributed by atoms with Gasteiger partial charge in [0.25, 0.3) is 0 Å². The van der Waals surface area contributed by atoms with Crippen molar-refractivity contribution in [2.75, 3.05) is 0 Å². The number of rotatable bonds is 11. The second-order valence-electron chi connectivity index (χ2n) is 8.46. The van der Waals surface area contributed by atoms with Crippen LogP contribution in [0.15, 0.2) is 48.6 Å². The van der Waals surface area contributed by atoms with Crippen molar-refractivity contribution >= 4 is 6.08 Å². The molecule has 0 spiro atoms. The van der Waals surface area contributed by atoms with Crippen molar-refractivity contribution in [3.05, 3.63) is 65.3 Å². The molecule has 1 aromatic rings. The Labute approximate surface area is 171 Å². The molecule has 156 valence electrons. The molecule has 1 rings (SSSR count). The zero-order valence-corrected chi connectivity index (χ0v) is 18.6. The first kappa shape index (κ1) is 24.3. The van der Waals surface area contributed by atoms with Crippen LogP contribution in [0.4, 0.5) is 8.78 Å². The summed E-state index contributed by atoms with van der Waals surface area (Å²) in [7, 11) is 0. The Hall–Kier alpha value is -1.70. The summed E-state index contributed by atoms with van der Waals surface area (Å²) in [6.45, 7) is 19.7. The summed E-state index contributed by atoms with van der Waals surface area (Å²) < 4.78 is 30.0. The SMILES string of the molecule is C=C/C(=C\c1cccc(C)c1C)C(=C)C(C)C(F)(CC(C)F)CC(C)CCC. The van der Waals surface area contributed by atoms with Crippen LogP contribution in [0.2, 0.25) is 0 Å². The molecule has 0 fully saturated rings. The third-order valence-electron chi connectivity index (χ3n) is 5.94. The average molecular weight is 389 g/mol. The number of hydrogen-bond acceptors (Lipinski definition) is 0. The number of aryl methyl sites for hydroxylation is 1. The molecule has 2 heteroatoms. The van der Waals surface area contributed by atoms with Gasteiger partial charge in [0.15, 0.2) is 0 Å². The van der Waals surface area contributed by atoms with Crippen LogP contribution < -0.4 is 0 Å². The van der Waals surface area contributed by atoms with Gasteiger partial charge in [0, 0.05) is 12.3 Å². The predicted octanol–water partition coefficient (Wildman–Crippen LogP) is 8.35. The summed E-state index contributed by atoms with van der Waals surface area (Å²) in [6.07, 6.45) is 4.75. The van der Waals surface area contributed by atoms with Gasteiger partial charge in [0.2, 0.25) is 0 Å². The molecular formula is C26H38F2. The van der Waals surface area contributed by atoms with E-state index in [1.807, 2.05) is 25.1 Å². The monoisotopic (exact) mass is 388 g/mol. The van der Waals surface area contributed by atoms with E-state index in [1.165, 1.54) is 18.1 Å².